The van der Waals surface area contributed by atoms with Crippen molar-refractivity contribution in [2.24, 2.45) is 0 Å². The number of rotatable bonds is 4. The number of hydrogen-bond donors (Lipinski definition) is 4. The van der Waals surface area contributed by atoms with Crippen LogP contribution < -0.4 is 10.6 Å². The molecule has 2 aromatic carbocycles. The van der Waals surface area contributed by atoms with E-state index in [9.17, 15) is 10.2 Å². The van der Waals surface area contributed by atoms with E-state index in [1.807, 2.05) is 0 Å². The SMILES string of the molecule is CC(C)(C)c1cc(CNC(=S)NCc2cc(C(C)(C)C)c(O)c(C(C)(C)C)c2)cc(C(C)(C)C)c1O. The Morgan fingerprint density at radius 2 is 0.778 bits per heavy atom. The molecule has 0 unspecified atom stereocenters. The highest BCUT2D eigenvalue weighted by atomic mass is 32.1. The Morgan fingerprint density at radius 3 is 0.972 bits per heavy atom. The Bertz CT molecular complexity index is 950. The molecule has 200 valence electrons. The smallest absolute Gasteiger partial charge is 0.166 e. The van der Waals surface area contributed by atoms with Crippen molar-refractivity contribution in [2.75, 3.05) is 0 Å². The number of hydrogen-bond acceptors (Lipinski definition) is 3. The van der Waals surface area contributed by atoms with Crippen LogP contribution in [0.2, 0.25) is 0 Å². The Labute approximate surface area is 224 Å². The van der Waals surface area contributed by atoms with Crippen LogP contribution in [-0.4, -0.2) is 15.3 Å². The summed E-state index contributed by atoms with van der Waals surface area (Å²) < 4.78 is 0. The Morgan fingerprint density at radius 1 is 0.556 bits per heavy atom. The number of nitrogens with one attached hydrogen (secondary N) is 2. The number of aromatic hydroxyl groups is 2. The molecule has 0 saturated heterocycles. The molecule has 4 N–H and O–H groups in total. The summed E-state index contributed by atoms with van der Waals surface area (Å²) in [6, 6.07) is 8.30. The van der Waals surface area contributed by atoms with Gasteiger partial charge < -0.3 is 20.8 Å². The van der Waals surface area contributed by atoms with Crippen LogP contribution >= 0.6 is 12.2 Å². The second kappa shape index (κ2) is 10.2. The van der Waals surface area contributed by atoms with Crippen LogP contribution in [0.4, 0.5) is 0 Å². The molecule has 0 saturated carbocycles. The zero-order chi connectivity index (χ0) is 27.9. The first-order chi connectivity index (χ1) is 16.1. The highest BCUT2D eigenvalue weighted by Crippen LogP contribution is 2.41. The minimum atomic E-state index is -0.173. The monoisotopic (exact) mass is 512 g/mol. The molecule has 5 heteroatoms. The van der Waals surface area contributed by atoms with Crippen molar-refractivity contribution in [2.45, 2.75) is 118 Å². The van der Waals surface area contributed by atoms with Crippen LogP contribution in [0.3, 0.4) is 0 Å². The summed E-state index contributed by atoms with van der Waals surface area (Å²) in [6.07, 6.45) is 0. The van der Waals surface area contributed by atoms with Crippen molar-refractivity contribution >= 4 is 17.3 Å². The van der Waals surface area contributed by atoms with Gasteiger partial charge >= 0.3 is 0 Å². The first kappa shape index (κ1) is 30.0. The average molecular weight is 513 g/mol. The molecule has 0 radical (unpaired) electrons. The average Bonchev–Trinajstić information content (AvgIpc) is 2.68. The molecule has 2 rings (SSSR count). The van der Waals surface area contributed by atoms with Crippen molar-refractivity contribution in [1.82, 2.24) is 10.6 Å². The molecular formula is C31H48N2O2S. The number of thiocarbonyl (C=S) groups is 1. The topological polar surface area (TPSA) is 64.5 Å². The quantitative estimate of drug-likeness (QED) is 0.320. The van der Waals surface area contributed by atoms with E-state index >= 15 is 0 Å². The van der Waals surface area contributed by atoms with Crippen LogP contribution in [0.25, 0.3) is 0 Å². The number of phenolic OH excluding ortho intramolecular Hbond substituents is 2. The van der Waals surface area contributed by atoms with Gasteiger partial charge in [-0.3, -0.25) is 0 Å². The normalized spacial score (nSPS) is 13.0. The van der Waals surface area contributed by atoms with Gasteiger partial charge in [-0.1, -0.05) is 83.1 Å². The Balaban J connectivity index is 2.23. The highest BCUT2D eigenvalue weighted by molar-refractivity contribution is 7.80. The van der Waals surface area contributed by atoms with E-state index < -0.39 is 0 Å². The van der Waals surface area contributed by atoms with E-state index in [2.05, 4.69) is 118 Å². The second-order valence-corrected chi connectivity index (χ2v) is 14.5. The third-order valence-corrected chi connectivity index (χ3v) is 6.77. The van der Waals surface area contributed by atoms with E-state index in [0.29, 0.717) is 29.7 Å². The molecule has 0 aliphatic rings. The third kappa shape index (κ3) is 7.38. The van der Waals surface area contributed by atoms with Gasteiger partial charge in [0.1, 0.15) is 11.5 Å². The van der Waals surface area contributed by atoms with E-state index in [1.54, 1.807) is 0 Å². The molecule has 0 spiro atoms. The molecule has 0 atom stereocenters. The molecule has 0 aliphatic heterocycles. The molecule has 4 nitrogen and oxygen atoms in total. The number of benzene rings is 2. The minimum Gasteiger partial charge on any atom is -0.507 e. The molecule has 0 aromatic heterocycles. The lowest BCUT2D eigenvalue weighted by Gasteiger charge is -2.28. The van der Waals surface area contributed by atoms with Crippen LogP contribution in [0, 0.1) is 0 Å². The predicted octanol–water partition coefficient (Wildman–Crippen LogP) is 7.45. The fraction of sp³-hybridized carbons (Fsp3) is 0.581. The molecule has 2 aromatic rings. The van der Waals surface area contributed by atoms with Crippen molar-refractivity contribution in [3.8, 4) is 11.5 Å². The molecule has 0 amide bonds. The van der Waals surface area contributed by atoms with Crippen LogP contribution in [0.5, 0.6) is 11.5 Å². The van der Waals surface area contributed by atoms with Crippen LogP contribution in [0.15, 0.2) is 24.3 Å². The standard InChI is InChI=1S/C31H48N2O2S/c1-28(2,3)21-13-19(14-22(25(21)34)29(4,5)6)17-32-27(36)33-18-20-15-23(30(7,8)9)26(35)24(16-20)31(10,11)12/h13-16,34-35H,17-18H2,1-12H3,(H2,32,33,36). The fourth-order valence-corrected chi connectivity index (χ4v) is 4.45. The lowest BCUT2D eigenvalue weighted by atomic mass is 9.78. The van der Waals surface area contributed by atoms with Gasteiger partial charge in [0.15, 0.2) is 5.11 Å². The molecule has 0 heterocycles. The maximum Gasteiger partial charge on any atom is 0.166 e. The lowest BCUT2D eigenvalue weighted by molar-refractivity contribution is 0.422. The lowest BCUT2D eigenvalue weighted by Crippen LogP contribution is -2.34. The van der Waals surface area contributed by atoms with E-state index in [0.717, 1.165) is 33.4 Å². The first-order valence-corrected chi connectivity index (χ1v) is 13.3. The van der Waals surface area contributed by atoms with Crippen molar-refractivity contribution < 1.29 is 10.2 Å². The van der Waals surface area contributed by atoms with Gasteiger partial charge in [-0.2, -0.15) is 0 Å². The summed E-state index contributed by atoms with van der Waals surface area (Å²) in [4.78, 5) is 0. The molecule has 0 bridgehead atoms. The summed E-state index contributed by atoms with van der Waals surface area (Å²) in [7, 11) is 0. The van der Waals surface area contributed by atoms with Gasteiger partial charge in [0.25, 0.3) is 0 Å². The number of phenols is 2. The fourth-order valence-electron chi connectivity index (χ4n) is 4.31. The summed E-state index contributed by atoms with van der Waals surface area (Å²) in [5.41, 5.74) is 5.25. The second-order valence-electron chi connectivity index (χ2n) is 14.1. The zero-order valence-electron chi connectivity index (χ0n) is 24.5. The molecule has 0 fully saturated rings. The van der Waals surface area contributed by atoms with Gasteiger partial charge in [0.05, 0.1) is 0 Å². The van der Waals surface area contributed by atoms with Crippen LogP contribution in [-0.2, 0) is 34.7 Å². The summed E-state index contributed by atoms with van der Waals surface area (Å²) >= 11 is 5.61. The van der Waals surface area contributed by atoms with Crippen LogP contribution in [0.1, 0.15) is 116 Å². The molecule has 36 heavy (non-hydrogen) atoms. The van der Waals surface area contributed by atoms with Gasteiger partial charge in [-0.25, -0.2) is 0 Å². The van der Waals surface area contributed by atoms with E-state index in [1.165, 1.54) is 0 Å². The van der Waals surface area contributed by atoms with Gasteiger partial charge in [0, 0.05) is 13.1 Å². The predicted molar refractivity (Wildman–Crippen MR) is 157 cm³/mol. The highest BCUT2D eigenvalue weighted by Gasteiger charge is 2.28. The van der Waals surface area contributed by atoms with E-state index in [4.69, 9.17) is 12.2 Å². The summed E-state index contributed by atoms with van der Waals surface area (Å²) in [5, 5.41) is 29.2. The van der Waals surface area contributed by atoms with E-state index in [-0.39, 0.29) is 21.7 Å². The largest absolute Gasteiger partial charge is 0.507 e. The third-order valence-electron chi connectivity index (χ3n) is 6.48. The van der Waals surface area contributed by atoms with Gasteiger partial charge in [-0.15, -0.1) is 0 Å². The summed E-state index contributed by atoms with van der Waals surface area (Å²) in [5.74, 6) is 0.771. The van der Waals surface area contributed by atoms with Crippen molar-refractivity contribution in [3.05, 3.63) is 57.6 Å². The Hall–Kier alpha value is -2.27. The zero-order valence-corrected chi connectivity index (χ0v) is 25.3. The first-order valence-electron chi connectivity index (χ1n) is 12.9. The van der Waals surface area contributed by atoms with Gasteiger partial charge in [0.2, 0.25) is 0 Å². The van der Waals surface area contributed by atoms with Crippen molar-refractivity contribution in [3.63, 3.8) is 0 Å². The maximum absolute atomic E-state index is 11.0. The van der Waals surface area contributed by atoms with Crippen molar-refractivity contribution in [1.29, 1.82) is 0 Å². The van der Waals surface area contributed by atoms with Gasteiger partial charge in [-0.05, 0) is 91.5 Å². The molecule has 0 aliphatic carbocycles. The maximum atomic E-state index is 11.0. The summed E-state index contributed by atoms with van der Waals surface area (Å²) in [6.45, 7) is 26.5. The molecular weight excluding hydrogens is 464 g/mol. The Kier molecular flexibility index (Phi) is 8.52. The minimum absolute atomic E-state index is 0.173.